The fourth-order valence-corrected chi connectivity index (χ4v) is 2.99. The van der Waals surface area contributed by atoms with Gasteiger partial charge >= 0.3 is 5.97 Å². The number of carboxylic acids is 1. The van der Waals surface area contributed by atoms with Crippen LogP contribution in [0.2, 0.25) is 10.0 Å². The summed E-state index contributed by atoms with van der Waals surface area (Å²) in [5.41, 5.74) is 0.362. The molecule has 2 rings (SSSR count). The molecular weight excluding hydrogens is 381 g/mol. The molecule has 9 heteroatoms. The van der Waals surface area contributed by atoms with Crippen molar-refractivity contribution in [1.29, 1.82) is 0 Å². The maximum absolute atomic E-state index is 12.1. The smallest absolute Gasteiger partial charge is 0.321 e. The number of hydrogen-bond donors (Lipinski definition) is 3. The van der Waals surface area contributed by atoms with E-state index in [2.05, 4.69) is 15.5 Å². The van der Waals surface area contributed by atoms with Crippen LogP contribution in [0.5, 0.6) is 0 Å². The van der Waals surface area contributed by atoms with Crippen LogP contribution in [0, 0.1) is 0 Å². The van der Waals surface area contributed by atoms with Crippen molar-refractivity contribution in [2.24, 2.45) is 0 Å². The number of anilines is 1. The first kappa shape index (κ1) is 20.9. The Morgan fingerprint density at radius 1 is 1.27 bits per heavy atom. The number of carboxylic acid groups (broad SMARTS) is 1. The van der Waals surface area contributed by atoms with Crippen molar-refractivity contribution in [3.63, 3.8) is 0 Å². The highest BCUT2D eigenvalue weighted by atomic mass is 35.5. The Hall–Kier alpha value is -1.38. The molecule has 1 aliphatic heterocycles. The quantitative estimate of drug-likeness (QED) is 0.546. The van der Waals surface area contributed by atoms with E-state index in [0.717, 1.165) is 39.3 Å². The van der Waals surface area contributed by atoms with E-state index in [1.165, 1.54) is 0 Å². The number of hydrogen-bond acceptors (Lipinski definition) is 5. The molecule has 1 heterocycles. The highest BCUT2D eigenvalue weighted by Gasteiger charge is 2.21. The fourth-order valence-electron chi connectivity index (χ4n) is 2.64. The normalized spacial score (nSPS) is 16.2. The van der Waals surface area contributed by atoms with Gasteiger partial charge in [-0.25, -0.2) is 0 Å². The highest BCUT2D eigenvalue weighted by molar-refractivity contribution is 6.43. The molecule has 1 saturated heterocycles. The summed E-state index contributed by atoms with van der Waals surface area (Å²) in [6.07, 6.45) is 0.598. The Labute approximate surface area is 162 Å². The first-order chi connectivity index (χ1) is 12.5. The number of morpholine rings is 1. The van der Waals surface area contributed by atoms with Crippen molar-refractivity contribution < 1.29 is 19.4 Å². The van der Waals surface area contributed by atoms with Gasteiger partial charge in [0.1, 0.15) is 6.04 Å². The van der Waals surface area contributed by atoms with Gasteiger partial charge < -0.3 is 20.5 Å². The standard InChI is InChI=1S/C17H23Cl2N3O4/c18-12-3-1-4-13(16(12)19)21-15(23)11-14(17(24)25)20-5-2-6-22-7-9-26-10-8-22/h1,3-4,14,20H,2,5-11H2,(H,21,23)(H,24,25). The second kappa shape index (κ2) is 10.7. The lowest BCUT2D eigenvalue weighted by Gasteiger charge is -2.26. The first-order valence-electron chi connectivity index (χ1n) is 8.47. The minimum Gasteiger partial charge on any atom is -0.480 e. The predicted molar refractivity (Wildman–Crippen MR) is 101 cm³/mol. The minimum absolute atomic E-state index is 0.199. The molecule has 1 fully saturated rings. The second-order valence-electron chi connectivity index (χ2n) is 6.01. The molecule has 0 bridgehead atoms. The lowest BCUT2D eigenvalue weighted by atomic mass is 10.2. The Morgan fingerprint density at radius 3 is 2.69 bits per heavy atom. The molecule has 26 heavy (non-hydrogen) atoms. The fraction of sp³-hybridized carbons (Fsp3) is 0.529. The van der Waals surface area contributed by atoms with Crippen molar-refractivity contribution >= 4 is 40.8 Å². The van der Waals surface area contributed by atoms with Gasteiger partial charge in [-0.15, -0.1) is 0 Å². The van der Waals surface area contributed by atoms with Crippen LogP contribution in [0.15, 0.2) is 18.2 Å². The number of nitrogens with one attached hydrogen (secondary N) is 2. The van der Waals surface area contributed by atoms with Gasteiger partial charge in [-0.2, -0.15) is 0 Å². The van der Waals surface area contributed by atoms with Crippen LogP contribution in [0.4, 0.5) is 5.69 Å². The number of amides is 1. The van der Waals surface area contributed by atoms with Crippen LogP contribution in [-0.2, 0) is 14.3 Å². The summed E-state index contributed by atoms with van der Waals surface area (Å²) >= 11 is 11.9. The lowest BCUT2D eigenvalue weighted by molar-refractivity contribution is -0.141. The third-order valence-electron chi connectivity index (χ3n) is 4.06. The zero-order valence-corrected chi connectivity index (χ0v) is 15.9. The molecule has 1 atom stereocenters. The summed E-state index contributed by atoms with van der Waals surface area (Å²) in [4.78, 5) is 25.8. The maximum Gasteiger partial charge on any atom is 0.321 e. The van der Waals surface area contributed by atoms with E-state index in [9.17, 15) is 14.7 Å². The van der Waals surface area contributed by atoms with Crippen LogP contribution in [0.25, 0.3) is 0 Å². The molecule has 0 aromatic heterocycles. The maximum atomic E-state index is 12.1. The van der Waals surface area contributed by atoms with E-state index >= 15 is 0 Å². The number of aliphatic carboxylic acids is 1. The highest BCUT2D eigenvalue weighted by Crippen LogP contribution is 2.29. The summed E-state index contributed by atoms with van der Waals surface area (Å²) in [7, 11) is 0. The van der Waals surface area contributed by atoms with Crippen LogP contribution in [-0.4, -0.2) is 67.3 Å². The van der Waals surface area contributed by atoms with Gasteiger partial charge in [0, 0.05) is 13.1 Å². The number of nitrogens with zero attached hydrogens (tertiary/aromatic N) is 1. The zero-order chi connectivity index (χ0) is 18.9. The van der Waals surface area contributed by atoms with Crippen molar-refractivity contribution in [3.05, 3.63) is 28.2 Å². The Morgan fingerprint density at radius 2 is 2.00 bits per heavy atom. The number of benzene rings is 1. The average Bonchev–Trinajstić information content (AvgIpc) is 2.62. The molecule has 1 aliphatic rings. The van der Waals surface area contributed by atoms with E-state index in [-0.39, 0.29) is 11.4 Å². The van der Waals surface area contributed by atoms with Gasteiger partial charge in [-0.3, -0.25) is 14.5 Å². The number of ether oxygens (including phenoxy) is 1. The number of rotatable bonds is 9. The van der Waals surface area contributed by atoms with Crippen LogP contribution < -0.4 is 10.6 Å². The second-order valence-corrected chi connectivity index (χ2v) is 6.79. The minimum atomic E-state index is -1.07. The topological polar surface area (TPSA) is 90.9 Å². The number of carbonyl (C=O) groups excluding carboxylic acids is 1. The molecule has 1 amide bonds. The molecule has 7 nitrogen and oxygen atoms in total. The van der Waals surface area contributed by atoms with Gasteiger partial charge in [0.2, 0.25) is 5.91 Å². The molecule has 0 aliphatic carbocycles. The Bertz CT molecular complexity index is 624. The third-order valence-corrected chi connectivity index (χ3v) is 4.88. The predicted octanol–water partition coefficient (Wildman–Crippen LogP) is 2.09. The lowest BCUT2D eigenvalue weighted by Crippen LogP contribution is -2.42. The van der Waals surface area contributed by atoms with Crippen LogP contribution in [0.3, 0.4) is 0 Å². The van der Waals surface area contributed by atoms with Gasteiger partial charge in [0.25, 0.3) is 0 Å². The summed E-state index contributed by atoms with van der Waals surface area (Å²) < 4.78 is 5.29. The zero-order valence-electron chi connectivity index (χ0n) is 14.3. The van der Waals surface area contributed by atoms with E-state index < -0.39 is 17.9 Å². The van der Waals surface area contributed by atoms with Gasteiger partial charge in [0.05, 0.1) is 35.4 Å². The summed E-state index contributed by atoms with van der Waals surface area (Å²) in [6, 6.07) is 3.91. The largest absolute Gasteiger partial charge is 0.480 e. The molecule has 0 spiro atoms. The average molecular weight is 404 g/mol. The molecule has 1 unspecified atom stereocenters. The van der Waals surface area contributed by atoms with Gasteiger partial charge in [0.15, 0.2) is 0 Å². The van der Waals surface area contributed by atoms with Crippen molar-refractivity contribution in [3.8, 4) is 0 Å². The molecule has 3 N–H and O–H groups in total. The van der Waals surface area contributed by atoms with E-state index in [1.807, 2.05) is 0 Å². The Kier molecular flexibility index (Phi) is 8.61. The molecular formula is C17H23Cl2N3O4. The molecule has 0 radical (unpaired) electrons. The van der Waals surface area contributed by atoms with Crippen LogP contribution in [0.1, 0.15) is 12.8 Å². The van der Waals surface area contributed by atoms with Gasteiger partial charge in [-0.1, -0.05) is 29.3 Å². The van der Waals surface area contributed by atoms with Crippen molar-refractivity contribution in [2.45, 2.75) is 18.9 Å². The Balaban J connectivity index is 1.76. The number of halogens is 2. The summed E-state index contributed by atoms with van der Waals surface area (Å²) in [6.45, 7) is 4.64. The summed E-state index contributed by atoms with van der Waals surface area (Å²) in [5.74, 6) is -1.51. The summed E-state index contributed by atoms with van der Waals surface area (Å²) in [5, 5.41) is 15.4. The van der Waals surface area contributed by atoms with Crippen LogP contribution >= 0.6 is 23.2 Å². The first-order valence-corrected chi connectivity index (χ1v) is 9.23. The molecule has 0 saturated carbocycles. The van der Waals surface area contributed by atoms with Gasteiger partial charge in [-0.05, 0) is 31.6 Å². The third kappa shape index (κ3) is 6.74. The van der Waals surface area contributed by atoms with E-state index in [1.54, 1.807) is 18.2 Å². The monoisotopic (exact) mass is 403 g/mol. The molecule has 144 valence electrons. The molecule has 1 aromatic carbocycles. The van der Waals surface area contributed by atoms with Crippen molar-refractivity contribution in [2.75, 3.05) is 44.7 Å². The van der Waals surface area contributed by atoms with Crippen molar-refractivity contribution in [1.82, 2.24) is 10.2 Å². The SMILES string of the molecule is O=C(CC(NCCCN1CCOCC1)C(=O)O)Nc1cccc(Cl)c1Cl. The van der Waals surface area contributed by atoms with E-state index in [0.29, 0.717) is 17.3 Å². The van der Waals surface area contributed by atoms with E-state index in [4.69, 9.17) is 27.9 Å². The number of carbonyl (C=O) groups is 2. The molecule has 1 aromatic rings.